The highest BCUT2D eigenvalue weighted by molar-refractivity contribution is 7.12. The molecule has 0 aliphatic carbocycles. The average Bonchev–Trinajstić information content (AvgIpc) is 2.57. The molecule has 1 aromatic heterocycles. The average molecular weight is 266 g/mol. The Kier molecular flexibility index (Phi) is 4.46. The van der Waals surface area contributed by atoms with E-state index in [-0.39, 0.29) is 0 Å². The van der Waals surface area contributed by atoms with Crippen molar-refractivity contribution in [2.75, 3.05) is 13.1 Å². The van der Waals surface area contributed by atoms with Crippen LogP contribution in [0.3, 0.4) is 0 Å². The fraction of sp³-hybridized carbons (Fsp3) is 0.733. The fourth-order valence-corrected chi connectivity index (χ4v) is 3.66. The maximum absolute atomic E-state index is 5.72. The standard InChI is InChI=1S/C15H26N2S/c1-12-13(9-14(10-16)18-12)11-17-7-4-5-15(2,3)6-8-17/h9H,4-8,10-11,16H2,1-3H3. The number of thiophene rings is 1. The summed E-state index contributed by atoms with van der Waals surface area (Å²) >= 11 is 1.86. The second-order valence-electron chi connectivity index (χ2n) is 6.29. The Morgan fingerprint density at radius 2 is 2.11 bits per heavy atom. The van der Waals surface area contributed by atoms with Crippen LogP contribution in [0.5, 0.6) is 0 Å². The SMILES string of the molecule is Cc1sc(CN)cc1CN1CCCC(C)(C)CC1. The lowest BCUT2D eigenvalue weighted by Gasteiger charge is -2.23. The van der Waals surface area contributed by atoms with Crippen LogP contribution < -0.4 is 5.73 Å². The second-order valence-corrected chi connectivity index (χ2v) is 7.63. The first-order valence-corrected chi connectivity index (χ1v) is 7.82. The molecule has 3 heteroatoms. The van der Waals surface area contributed by atoms with Gasteiger partial charge in [-0.3, -0.25) is 4.90 Å². The van der Waals surface area contributed by atoms with Crippen molar-refractivity contribution in [1.82, 2.24) is 4.90 Å². The molecule has 0 radical (unpaired) electrons. The minimum Gasteiger partial charge on any atom is -0.326 e. The number of hydrogen-bond acceptors (Lipinski definition) is 3. The van der Waals surface area contributed by atoms with Gasteiger partial charge in [-0.15, -0.1) is 11.3 Å². The van der Waals surface area contributed by atoms with Crippen molar-refractivity contribution in [3.8, 4) is 0 Å². The summed E-state index contributed by atoms with van der Waals surface area (Å²) in [7, 11) is 0. The fourth-order valence-electron chi connectivity index (χ4n) is 2.72. The van der Waals surface area contributed by atoms with E-state index in [9.17, 15) is 0 Å². The normalized spacial score (nSPS) is 20.9. The molecule has 1 fully saturated rings. The molecule has 18 heavy (non-hydrogen) atoms. The Hall–Kier alpha value is -0.380. The molecule has 0 amide bonds. The Morgan fingerprint density at radius 1 is 1.33 bits per heavy atom. The summed E-state index contributed by atoms with van der Waals surface area (Å²) in [6.45, 7) is 11.3. The third kappa shape index (κ3) is 3.56. The zero-order chi connectivity index (χ0) is 13.2. The van der Waals surface area contributed by atoms with Gasteiger partial charge in [-0.2, -0.15) is 0 Å². The number of aryl methyl sites for hydroxylation is 1. The highest BCUT2D eigenvalue weighted by atomic mass is 32.1. The summed E-state index contributed by atoms with van der Waals surface area (Å²) in [4.78, 5) is 5.38. The monoisotopic (exact) mass is 266 g/mol. The van der Waals surface area contributed by atoms with E-state index in [0.717, 1.165) is 6.54 Å². The largest absolute Gasteiger partial charge is 0.326 e. The van der Waals surface area contributed by atoms with Crippen LogP contribution in [0.2, 0.25) is 0 Å². The summed E-state index contributed by atoms with van der Waals surface area (Å²) in [6, 6.07) is 2.30. The van der Waals surface area contributed by atoms with Crippen LogP contribution in [-0.2, 0) is 13.1 Å². The van der Waals surface area contributed by atoms with Crippen molar-refractivity contribution in [3.05, 3.63) is 21.4 Å². The molecule has 0 aromatic carbocycles. The Balaban J connectivity index is 1.98. The van der Waals surface area contributed by atoms with Crippen LogP contribution in [0.25, 0.3) is 0 Å². The molecule has 0 saturated carbocycles. The van der Waals surface area contributed by atoms with Crippen molar-refractivity contribution < 1.29 is 0 Å². The molecule has 0 atom stereocenters. The molecule has 0 unspecified atom stereocenters. The zero-order valence-corrected chi connectivity index (χ0v) is 12.8. The van der Waals surface area contributed by atoms with Crippen molar-refractivity contribution in [3.63, 3.8) is 0 Å². The van der Waals surface area contributed by atoms with Gasteiger partial charge in [-0.1, -0.05) is 13.8 Å². The van der Waals surface area contributed by atoms with E-state index in [1.165, 1.54) is 47.7 Å². The third-order valence-corrected chi connectivity index (χ3v) is 5.21. The molecular weight excluding hydrogens is 240 g/mol. The van der Waals surface area contributed by atoms with Crippen LogP contribution in [-0.4, -0.2) is 18.0 Å². The first-order valence-electron chi connectivity index (χ1n) is 7.01. The zero-order valence-electron chi connectivity index (χ0n) is 12.0. The quantitative estimate of drug-likeness (QED) is 0.907. The Labute approximate surface area is 115 Å². The van der Waals surface area contributed by atoms with Crippen LogP contribution >= 0.6 is 11.3 Å². The summed E-state index contributed by atoms with van der Waals surface area (Å²) in [6.07, 6.45) is 4.01. The maximum Gasteiger partial charge on any atom is 0.0274 e. The van der Waals surface area contributed by atoms with Crippen LogP contribution in [0.1, 0.15) is 48.4 Å². The highest BCUT2D eigenvalue weighted by Crippen LogP contribution is 2.31. The molecule has 1 saturated heterocycles. The Bertz CT molecular complexity index is 395. The second kappa shape index (κ2) is 5.72. The van der Waals surface area contributed by atoms with E-state index >= 15 is 0 Å². The highest BCUT2D eigenvalue weighted by Gasteiger charge is 2.23. The predicted octanol–water partition coefficient (Wildman–Crippen LogP) is 3.53. The van der Waals surface area contributed by atoms with E-state index in [2.05, 4.69) is 31.7 Å². The van der Waals surface area contributed by atoms with Crippen molar-refractivity contribution >= 4 is 11.3 Å². The molecule has 102 valence electrons. The molecule has 2 nitrogen and oxygen atoms in total. The molecule has 0 spiro atoms. The van der Waals surface area contributed by atoms with Gasteiger partial charge in [0.15, 0.2) is 0 Å². The molecular formula is C15H26N2S. The van der Waals surface area contributed by atoms with Gasteiger partial charge >= 0.3 is 0 Å². The molecule has 2 N–H and O–H groups in total. The van der Waals surface area contributed by atoms with Gasteiger partial charge in [0.2, 0.25) is 0 Å². The Morgan fingerprint density at radius 3 is 2.78 bits per heavy atom. The predicted molar refractivity (Wildman–Crippen MR) is 79.9 cm³/mol. The van der Waals surface area contributed by atoms with Crippen LogP contribution in [0.15, 0.2) is 6.07 Å². The first kappa shape index (κ1) is 14.0. The molecule has 1 aliphatic rings. The van der Waals surface area contributed by atoms with E-state index in [1.54, 1.807) is 0 Å². The van der Waals surface area contributed by atoms with E-state index < -0.39 is 0 Å². The van der Waals surface area contributed by atoms with Crippen LogP contribution in [0, 0.1) is 12.3 Å². The summed E-state index contributed by atoms with van der Waals surface area (Å²) < 4.78 is 0. The lowest BCUT2D eigenvalue weighted by molar-refractivity contribution is 0.256. The number of likely N-dealkylation sites (tertiary alicyclic amines) is 1. The van der Waals surface area contributed by atoms with Gasteiger partial charge in [0.1, 0.15) is 0 Å². The van der Waals surface area contributed by atoms with Crippen molar-refractivity contribution in [2.24, 2.45) is 11.1 Å². The van der Waals surface area contributed by atoms with Crippen LogP contribution in [0.4, 0.5) is 0 Å². The lowest BCUT2D eigenvalue weighted by atomic mass is 9.85. The third-order valence-electron chi connectivity index (χ3n) is 4.10. The number of nitrogens with zero attached hydrogens (tertiary/aromatic N) is 1. The topological polar surface area (TPSA) is 29.3 Å². The lowest BCUT2D eigenvalue weighted by Crippen LogP contribution is -2.25. The number of hydrogen-bond donors (Lipinski definition) is 1. The molecule has 1 aromatic rings. The number of nitrogens with two attached hydrogens (primary N) is 1. The molecule has 0 bridgehead atoms. The minimum absolute atomic E-state index is 0.529. The summed E-state index contributed by atoms with van der Waals surface area (Å²) in [5.41, 5.74) is 7.74. The van der Waals surface area contributed by atoms with Gasteiger partial charge in [0.05, 0.1) is 0 Å². The van der Waals surface area contributed by atoms with Crippen molar-refractivity contribution in [1.29, 1.82) is 0 Å². The maximum atomic E-state index is 5.72. The number of rotatable bonds is 3. The summed E-state index contributed by atoms with van der Waals surface area (Å²) in [5.74, 6) is 0. The van der Waals surface area contributed by atoms with Gasteiger partial charge in [0, 0.05) is 22.8 Å². The first-order chi connectivity index (χ1) is 8.50. The molecule has 1 aliphatic heterocycles. The molecule has 2 heterocycles. The van der Waals surface area contributed by atoms with Crippen molar-refractivity contribution in [2.45, 2.75) is 53.1 Å². The van der Waals surface area contributed by atoms with E-state index in [1.807, 2.05) is 11.3 Å². The van der Waals surface area contributed by atoms with Gasteiger partial charge in [0.25, 0.3) is 0 Å². The minimum atomic E-state index is 0.529. The van der Waals surface area contributed by atoms with Gasteiger partial charge in [-0.05, 0) is 56.3 Å². The van der Waals surface area contributed by atoms with Gasteiger partial charge in [-0.25, -0.2) is 0 Å². The van der Waals surface area contributed by atoms with Gasteiger partial charge < -0.3 is 5.73 Å². The smallest absolute Gasteiger partial charge is 0.0274 e. The summed E-state index contributed by atoms with van der Waals surface area (Å²) in [5, 5.41) is 0. The van der Waals surface area contributed by atoms with E-state index in [4.69, 9.17) is 5.73 Å². The van der Waals surface area contributed by atoms with E-state index in [0.29, 0.717) is 12.0 Å². The molecule has 2 rings (SSSR count).